The molecule has 1 saturated heterocycles. The van der Waals surface area contributed by atoms with Gasteiger partial charge in [-0.3, -0.25) is 4.57 Å². The minimum atomic E-state index is -0.708. The predicted molar refractivity (Wildman–Crippen MR) is 71.3 cm³/mol. The van der Waals surface area contributed by atoms with Crippen LogP contribution in [0.1, 0.15) is 12.6 Å². The van der Waals surface area contributed by atoms with Crippen LogP contribution >= 0.6 is 15.9 Å². The lowest BCUT2D eigenvalue weighted by molar-refractivity contribution is -0.0494. The Morgan fingerprint density at radius 3 is 3.00 bits per heavy atom. The molecule has 102 valence electrons. The zero-order valence-corrected chi connectivity index (χ0v) is 11.5. The number of anilines is 1. The van der Waals surface area contributed by atoms with Gasteiger partial charge in [0, 0.05) is 6.42 Å². The molecule has 2 aromatic rings. The van der Waals surface area contributed by atoms with Crippen molar-refractivity contribution in [1.82, 2.24) is 14.5 Å². The van der Waals surface area contributed by atoms with Crippen molar-refractivity contribution in [2.45, 2.75) is 24.9 Å². The van der Waals surface area contributed by atoms with E-state index in [0.29, 0.717) is 27.9 Å². The molecule has 1 aliphatic heterocycles. The second-order valence-electron chi connectivity index (χ2n) is 4.47. The molecule has 1 fully saturated rings. The molecule has 2 aromatic heterocycles. The average Bonchev–Trinajstić information content (AvgIpc) is 2.90. The van der Waals surface area contributed by atoms with Gasteiger partial charge >= 0.3 is 0 Å². The molecular formula is C11H13BrN4O3. The van der Waals surface area contributed by atoms with Crippen molar-refractivity contribution < 1.29 is 14.9 Å². The fourth-order valence-electron chi connectivity index (χ4n) is 2.34. The first-order valence-electron chi connectivity index (χ1n) is 5.83. The summed E-state index contributed by atoms with van der Waals surface area (Å²) in [6, 6.07) is 1.78. The van der Waals surface area contributed by atoms with Crippen molar-refractivity contribution in [2.24, 2.45) is 0 Å². The van der Waals surface area contributed by atoms with E-state index in [1.807, 2.05) is 0 Å². The summed E-state index contributed by atoms with van der Waals surface area (Å²) in [6.45, 7) is -0.124. The Hall–Kier alpha value is -1.22. The number of aromatic nitrogens is 3. The van der Waals surface area contributed by atoms with Gasteiger partial charge in [-0.15, -0.1) is 0 Å². The number of rotatable bonds is 2. The van der Waals surface area contributed by atoms with Gasteiger partial charge in [0.25, 0.3) is 0 Å². The molecule has 0 aromatic carbocycles. The van der Waals surface area contributed by atoms with Crippen LogP contribution in [0.5, 0.6) is 0 Å². The van der Waals surface area contributed by atoms with Gasteiger partial charge in [-0.2, -0.15) is 0 Å². The van der Waals surface area contributed by atoms with Gasteiger partial charge in [0.1, 0.15) is 23.9 Å². The van der Waals surface area contributed by atoms with E-state index in [0.717, 1.165) is 0 Å². The summed E-state index contributed by atoms with van der Waals surface area (Å²) >= 11 is 3.41. The Morgan fingerprint density at radius 1 is 1.53 bits per heavy atom. The van der Waals surface area contributed by atoms with Crippen molar-refractivity contribution in [3.63, 3.8) is 0 Å². The van der Waals surface area contributed by atoms with Crippen LogP contribution in [0.2, 0.25) is 0 Å². The van der Waals surface area contributed by atoms with Crippen LogP contribution in [-0.2, 0) is 4.74 Å². The monoisotopic (exact) mass is 328 g/mol. The van der Waals surface area contributed by atoms with Gasteiger partial charge < -0.3 is 20.7 Å². The van der Waals surface area contributed by atoms with E-state index in [9.17, 15) is 5.11 Å². The van der Waals surface area contributed by atoms with Gasteiger partial charge in [0.15, 0.2) is 6.23 Å². The molecular weight excluding hydrogens is 316 g/mol. The Kier molecular flexibility index (Phi) is 3.17. The summed E-state index contributed by atoms with van der Waals surface area (Å²) in [5, 5.41) is 19.9. The number of hydrogen-bond donors (Lipinski definition) is 3. The second kappa shape index (κ2) is 4.71. The summed E-state index contributed by atoms with van der Waals surface area (Å²) in [5.74, 6) is 0.371. The highest BCUT2D eigenvalue weighted by molar-refractivity contribution is 9.10. The van der Waals surface area contributed by atoms with E-state index in [1.165, 1.54) is 6.33 Å². The normalized spacial score (nSPS) is 27.2. The van der Waals surface area contributed by atoms with Crippen LogP contribution < -0.4 is 5.73 Å². The number of aliphatic hydroxyl groups is 2. The lowest BCUT2D eigenvalue weighted by Gasteiger charge is -2.18. The molecule has 0 radical (unpaired) electrons. The lowest BCUT2D eigenvalue weighted by Crippen LogP contribution is -2.20. The second-order valence-corrected chi connectivity index (χ2v) is 5.28. The summed E-state index contributed by atoms with van der Waals surface area (Å²) in [6.07, 6.45) is 0.0707. The third-order valence-electron chi connectivity index (χ3n) is 3.24. The first-order chi connectivity index (χ1) is 9.11. The maximum Gasteiger partial charge on any atom is 0.162 e. The quantitative estimate of drug-likeness (QED) is 0.737. The van der Waals surface area contributed by atoms with Crippen molar-refractivity contribution in [3.05, 3.63) is 17.0 Å². The SMILES string of the molecule is Nc1ncnc2c1cc(Br)n2[C@@H]1O[C@H](CO)C[C@H]1O. The summed E-state index contributed by atoms with van der Waals surface area (Å²) in [4.78, 5) is 8.11. The Morgan fingerprint density at radius 2 is 2.32 bits per heavy atom. The fraction of sp³-hybridized carbons (Fsp3) is 0.455. The third-order valence-corrected chi connectivity index (χ3v) is 3.85. The number of ether oxygens (including phenoxy) is 1. The first kappa shape index (κ1) is 12.8. The number of aliphatic hydroxyl groups excluding tert-OH is 2. The molecule has 3 heterocycles. The Balaban J connectivity index is 2.10. The van der Waals surface area contributed by atoms with Gasteiger partial charge in [-0.05, 0) is 22.0 Å². The van der Waals surface area contributed by atoms with E-state index in [-0.39, 0.29) is 12.7 Å². The number of nitrogens with two attached hydrogens (primary N) is 1. The van der Waals surface area contributed by atoms with Gasteiger partial charge in [-0.25, -0.2) is 9.97 Å². The third kappa shape index (κ3) is 2.00. The maximum atomic E-state index is 10.1. The topological polar surface area (TPSA) is 106 Å². The molecule has 0 saturated carbocycles. The molecule has 3 rings (SSSR count). The molecule has 0 amide bonds. The molecule has 1 aliphatic rings. The molecule has 7 nitrogen and oxygen atoms in total. The van der Waals surface area contributed by atoms with Crippen molar-refractivity contribution in [2.75, 3.05) is 12.3 Å². The number of nitrogens with zero attached hydrogens (tertiary/aromatic N) is 3. The molecule has 3 atom stereocenters. The lowest BCUT2D eigenvalue weighted by atomic mass is 10.2. The predicted octanol–water partition coefficient (Wildman–Crippen LogP) is 0.417. The standard InChI is InChI=1S/C11H13BrN4O3/c12-8-2-6-9(13)14-4-15-10(6)16(8)11-7(18)1-5(3-17)19-11/h2,4-5,7,11,17-18H,1,3H2,(H2,13,14,15)/t5-,7+,11+/m0/s1. The maximum absolute atomic E-state index is 10.1. The van der Waals surface area contributed by atoms with Gasteiger partial charge in [-0.1, -0.05) is 0 Å². The highest BCUT2D eigenvalue weighted by Gasteiger charge is 2.36. The van der Waals surface area contributed by atoms with Crippen LogP contribution in [0.15, 0.2) is 17.0 Å². The van der Waals surface area contributed by atoms with Crippen LogP contribution in [0, 0.1) is 0 Å². The van der Waals surface area contributed by atoms with Gasteiger partial charge in [0.05, 0.1) is 22.7 Å². The Labute approximate surface area is 117 Å². The number of nitrogen functional groups attached to an aromatic ring is 1. The summed E-state index contributed by atoms with van der Waals surface area (Å²) in [5.41, 5.74) is 6.38. The molecule has 0 aliphatic carbocycles. The largest absolute Gasteiger partial charge is 0.394 e. The van der Waals surface area contributed by atoms with Crippen LogP contribution in [0.3, 0.4) is 0 Å². The average molecular weight is 329 g/mol. The highest BCUT2D eigenvalue weighted by Crippen LogP contribution is 2.36. The number of hydrogen-bond acceptors (Lipinski definition) is 6. The molecule has 4 N–H and O–H groups in total. The minimum absolute atomic E-state index is 0.124. The van der Waals surface area contributed by atoms with Crippen molar-refractivity contribution in [1.29, 1.82) is 0 Å². The first-order valence-corrected chi connectivity index (χ1v) is 6.62. The van der Waals surface area contributed by atoms with Crippen molar-refractivity contribution >= 4 is 32.8 Å². The van der Waals surface area contributed by atoms with E-state index >= 15 is 0 Å². The van der Waals surface area contributed by atoms with Crippen LogP contribution in [0.25, 0.3) is 11.0 Å². The molecule has 8 heteroatoms. The summed E-state index contributed by atoms with van der Waals surface area (Å²) < 4.78 is 8.04. The Bertz CT molecular complexity index is 617. The van der Waals surface area contributed by atoms with Crippen LogP contribution in [0.4, 0.5) is 5.82 Å². The van der Waals surface area contributed by atoms with Gasteiger partial charge in [0.2, 0.25) is 0 Å². The highest BCUT2D eigenvalue weighted by atomic mass is 79.9. The molecule has 19 heavy (non-hydrogen) atoms. The molecule has 0 spiro atoms. The minimum Gasteiger partial charge on any atom is -0.394 e. The summed E-state index contributed by atoms with van der Waals surface area (Å²) in [7, 11) is 0. The molecule has 0 unspecified atom stereocenters. The number of halogens is 1. The zero-order chi connectivity index (χ0) is 13.6. The zero-order valence-electron chi connectivity index (χ0n) is 9.90. The molecule has 0 bridgehead atoms. The van der Waals surface area contributed by atoms with E-state index in [2.05, 4.69) is 25.9 Å². The van der Waals surface area contributed by atoms with E-state index < -0.39 is 12.3 Å². The van der Waals surface area contributed by atoms with E-state index in [4.69, 9.17) is 15.6 Å². The smallest absolute Gasteiger partial charge is 0.162 e. The van der Waals surface area contributed by atoms with E-state index in [1.54, 1.807) is 10.6 Å². The van der Waals surface area contributed by atoms with Crippen molar-refractivity contribution in [3.8, 4) is 0 Å². The van der Waals surface area contributed by atoms with Crippen LogP contribution in [-0.4, -0.2) is 43.6 Å². The fourth-order valence-corrected chi connectivity index (χ4v) is 2.94. The number of fused-ring (bicyclic) bond motifs is 1.